The molecule has 2 aromatic rings. The molecule has 0 saturated carbocycles. The normalized spacial score (nSPS) is 16.0. The Balaban J connectivity index is 1.52. The Bertz CT molecular complexity index is 657. The Hall–Kier alpha value is -1.56. The Kier molecular flexibility index (Phi) is 6.12. The van der Waals surface area contributed by atoms with Gasteiger partial charge >= 0.3 is 0 Å². The number of para-hydroxylation sites is 1. The van der Waals surface area contributed by atoms with E-state index < -0.39 is 0 Å². The highest BCUT2D eigenvalue weighted by molar-refractivity contribution is 7.10. The van der Waals surface area contributed by atoms with Crippen LogP contribution < -0.4 is 10.1 Å². The van der Waals surface area contributed by atoms with Crippen molar-refractivity contribution >= 4 is 28.8 Å². The molecule has 1 N–H and O–H groups in total. The number of amides is 1. The zero-order chi connectivity index (χ0) is 16.8. The third kappa shape index (κ3) is 4.50. The van der Waals surface area contributed by atoms with Gasteiger partial charge < -0.3 is 10.1 Å². The van der Waals surface area contributed by atoms with Crippen molar-refractivity contribution in [2.24, 2.45) is 0 Å². The lowest BCUT2D eigenvalue weighted by atomic mass is 10.2. The molecule has 0 spiro atoms. The summed E-state index contributed by atoms with van der Waals surface area (Å²) in [5, 5.41) is 5.59. The highest BCUT2D eigenvalue weighted by Crippen LogP contribution is 2.28. The molecular weight excluding hydrogens is 344 g/mol. The summed E-state index contributed by atoms with van der Waals surface area (Å²) in [4.78, 5) is 15.9. The molecule has 1 aromatic heterocycles. The van der Waals surface area contributed by atoms with E-state index in [0.29, 0.717) is 17.3 Å². The van der Waals surface area contributed by atoms with Gasteiger partial charge in [-0.05, 0) is 49.5 Å². The van der Waals surface area contributed by atoms with Crippen molar-refractivity contribution in [3.8, 4) is 5.75 Å². The lowest BCUT2D eigenvalue weighted by molar-refractivity contribution is -0.123. The molecule has 1 atom stereocenters. The Labute approximate surface area is 151 Å². The summed E-state index contributed by atoms with van der Waals surface area (Å²) in [5.74, 6) is 0.402. The van der Waals surface area contributed by atoms with Crippen LogP contribution in [-0.2, 0) is 4.79 Å². The Morgan fingerprint density at radius 1 is 1.25 bits per heavy atom. The van der Waals surface area contributed by atoms with Gasteiger partial charge in [-0.25, -0.2) is 0 Å². The van der Waals surface area contributed by atoms with Crippen molar-refractivity contribution in [3.05, 3.63) is 51.7 Å². The topological polar surface area (TPSA) is 41.6 Å². The quantitative estimate of drug-likeness (QED) is 0.813. The summed E-state index contributed by atoms with van der Waals surface area (Å²) in [7, 11) is 0. The van der Waals surface area contributed by atoms with Crippen LogP contribution in [0.15, 0.2) is 41.8 Å². The van der Waals surface area contributed by atoms with Gasteiger partial charge in [-0.15, -0.1) is 11.3 Å². The van der Waals surface area contributed by atoms with E-state index in [9.17, 15) is 4.79 Å². The molecule has 0 bridgehead atoms. The van der Waals surface area contributed by atoms with Crippen molar-refractivity contribution in [2.75, 3.05) is 26.2 Å². The standard InChI is InChI=1S/C18H21ClN2O2S/c19-14-6-1-2-7-16(14)23-13-18(22)20-12-15(17-8-5-11-24-17)21-9-3-4-10-21/h1-2,5-8,11,15H,3-4,9-10,12-13H2,(H,20,22). The van der Waals surface area contributed by atoms with Crippen molar-refractivity contribution in [1.82, 2.24) is 10.2 Å². The number of rotatable bonds is 7. The molecule has 1 aliphatic rings. The summed E-state index contributed by atoms with van der Waals surface area (Å²) < 4.78 is 5.49. The molecule has 1 unspecified atom stereocenters. The minimum atomic E-state index is -0.129. The predicted molar refractivity (Wildman–Crippen MR) is 97.8 cm³/mol. The molecule has 0 radical (unpaired) electrons. The number of nitrogens with zero attached hydrogens (tertiary/aromatic N) is 1. The zero-order valence-corrected chi connectivity index (χ0v) is 15.0. The SMILES string of the molecule is O=C(COc1ccccc1Cl)NCC(c1cccs1)N1CCCC1. The highest BCUT2D eigenvalue weighted by Gasteiger charge is 2.24. The average Bonchev–Trinajstić information content (AvgIpc) is 3.28. The van der Waals surface area contributed by atoms with Crippen LogP contribution in [0, 0.1) is 0 Å². The second kappa shape index (κ2) is 8.51. The van der Waals surface area contributed by atoms with Crippen LogP contribution in [0.2, 0.25) is 5.02 Å². The Morgan fingerprint density at radius 3 is 2.75 bits per heavy atom. The van der Waals surface area contributed by atoms with Crippen LogP contribution in [-0.4, -0.2) is 37.0 Å². The van der Waals surface area contributed by atoms with Crippen LogP contribution in [0.1, 0.15) is 23.8 Å². The van der Waals surface area contributed by atoms with Crippen molar-refractivity contribution < 1.29 is 9.53 Å². The first-order valence-electron chi connectivity index (χ1n) is 8.15. The van der Waals surface area contributed by atoms with Crippen LogP contribution in [0.4, 0.5) is 0 Å². The lowest BCUT2D eigenvalue weighted by Gasteiger charge is -2.26. The predicted octanol–water partition coefficient (Wildman–Crippen LogP) is 3.73. The summed E-state index contributed by atoms with van der Waals surface area (Å²) in [6.45, 7) is 2.76. The van der Waals surface area contributed by atoms with Crippen LogP contribution in [0.3, 0.4) is 0 Å². The van der Waals surface area contributed by atoms with Crippen molar-refractivity contribution in [2.45, 2.75) is 18.9 Å². The molecular formula is C18H21ClN2O2S. The number of likely N-dealkylation sites (tertiary alicyclic amines) is 1. The summed E-state index contributed by atoms with van der Waals surface area (Å²) in [6, 6.07) is 11.6. The number of thiophene rings is 1. The maximum absolute atomic E-state index is 12.1. The van der Waals surface area contributed by atoms with Gasteiger partial charge in [-0.2, -0.15) is 0 Å². The van der Waals surface area contributed by atoms with E-state index >= 15 is 0 Å². The second-order valence-electron chi connectivity index (χ2n) is 5.80. The zero-order valence-electron chi connectivity index (χ0n) is 13.4. The van der Waals surface area contributed by atoms with E-state index in [2.05, 4.69) is 27.7 Å². The van der Waals surface area contributed by atoms with Gasteiger partial charge in [0.2, 0.25) is 0 Å². The van der Waals surface area contributed by atoms with Gasteiger partial charge in [0.15, 0.2) is 6.61 Å². The summed E-state index contributed by atoms with van der Waals surface area (Å²) in [5.41, 5.74) is 0. The fraction of sp³-hybridized carbons (Fsp3) is 0.389. The minimum Gasteiger partial charge on any atom is -0.482 e. The van der Waals surface area contributed by atoms with Crippen LogP contribution in [0.25, 0.3) is 0 Å². The van der Waals surface area contributed by atoms with Gasteiger partial charge in [0, 0.05) is 11.4 Å². The summed E-state index contributed by atoms with van der Waals surface area (Å²) >= 11 is 7.77. The number of halogens is 1. The number of benzene rings is 1. The monoisotopic (exact) mass is 364 g/mol. The van der Waals surface area contributed by atoms with Crippen LogP contribution >= 0.6 is 22.9 Å². The maximum atomic E-state index is 12.1. The number of hydrogen-bond acceptors (Lipinski definition) is 4. The minimum absolute atomic E-state index is 0.0269. The lowest BCUT2D eigenvalue weighted by Crippen LogP contribution is -2.38. The smallest absolute Gasteiger partial charge is 0.258 e. The number of carbonyl (C=O) groups excluding carboxylic acids is 1. The first-order valence-corrected chi connectivity index (χ1v) is 9.41. The van der Waals surface area contributed by atoms with Crippen LogP contribution in [0.5, 0.6) is 5.75 Å². The highest BCUT2D eigenvalue weighted by atomic mass is 35.5. The molecule has 3 rings (SSSR count). The number of carbonyl (C=O) groups is 1. The molecule has 1 saturated heterocycles. The third-order valence-electron chi connectivity index (χ3n) is 4.14. The molecule has 1 amide bonds. The van der Waals surface area contributed by atoms with Gasteiger partial charge in [-0.3, -0.25) is 9.69 Å². The number of nitrogens with one attached hydrogen (secondary N) is 1. The van der Waals surface area contributed by atoms with Gasteiger partial charge in [-0.1, -0.05) is 29.8 Å². The summed E-state index contributed by atoms with van der Waals surface area (Å²) in [6.07, 6.45) is 2.46. The van der Waals surface area contributed by atoms with Crippen molar-refractivity contribution in [1.29, 1.82) is 0 Å². The first kappa shape index (κ1) is 17.3. The number of hydrogen-bond donors (Lipinski definition) is 1. The van der Waals surface area contributed by atoms with E-state index in [1.54, 1.807) is 23.5 Å². The van der Waals surface area contributed by atoms with Gasteiger partial charge in [0.1, 0.15) is 5.75 Å². The maximum Gasteiger partial charge on any atom is 0.258 e. The molecule has 4 nitrogen and oxygen atoms in total. The molecule has 6 heteroatoms. The largest absolute Gasteiger partial charge is 0.482 e. The Morgan fingerprint density at radius 2 is 2.04 bits per heavy atom. The van der Waals surface area contributed by atoms with E-state index in [4.69, 9.17) is 16.3 Å². The van der Waals surface area contributed by atoms with E-state index in [1.807, 2.05) is 12.1 Å². The average molecular weight is 365 g/mol. The fourth-order valence-electron chi connectivity index (χ4n) is 2.91. The second-order valence-corrected chi connectivity index (χ2v) is 7.18. The molecule has 1 fully saturated rings. The van der Waals surface area contributed by atoms with Crippen molar-refractivity contribution in [3.63, 3.8) is 0 Å². The van der Waals surface area contributed by atoms with Gasteiger partial charge in [0.25, 0.3) is 5.91 Å². The van der Waals surface area contributed by atoms with E-state index in [1.165, 1.54) is 17.7 Å². The molecule has 1 aromatic carbocycles. The molecule has 1 aliphatic heterocycles. The number of ether oxygens (including phenoxy) is 1. The molecule has 24 heavy (non-hydrogen) atoms. The van der Waals surface area contributed by atoms with E-state index in [-0.39, 0.29) is 18.6 Å². The molecule has 128 valence electrons. The molecule has 0 aliphatic carbocycles. The first-order chi connectivity index (χ1) is 11.7. The van der Waals surface area contributed by atoms with Gasteiger partial charge in [0.05, 0.1) is 11.1 Å². The fourth-order valence-corrected chi connectivity index (χ4v) is 3.96. The molecule has 2 heterocycles. The van der Waals surface area contributed by atoms with E-state index in [0.717, 1.165) is 13.1 Å². The third-order valence-corrected chi connectivity index (χ3v) is 5.43.